The third-order valence-corrected chi connectivity index (χ3v) is 4.07. The first kappa shape index (κ1) is 14.6. The van der Waals surface area contributed by atoms with Crippen molar-refractivity contribution in [2.24, 2.45) is 0 Å². The van der Waals surface area contributed by atoms with Gasteiger partial charge in [-0.1, -0.05) is 11.3 Å². The lowest BCUT2D eigenvalue weighted by Crippen LogP contribution is -2.37. The zero-order valence-electron chi connectivity index (χ0n) is 11.6. The Kier molecular flexibility index (Phi) is 4.43. The topological polar surface area (TPSA) is 100 Å². The molecular formula is C12H19N5O2S. The molecule has 1 heterocycles. The van der Waals surface area contributed by atoms with E-state index in [0.717, 1.165) is 12.8 Å². The number of likely N-dealkylation sites (N-methyl/N-ethyl adjacent to an activating group) is 1. The van der Waals surface area contributed by atoms with Gasteiger partial charge >= 0.3 is 0 Å². The number of anilines is 2. The van der Waals surface area contributed by atoms with Crippen molar-refractivity contribution in [3.05, 3.63) is 4.88 Å². The number of aromatic nitrogens is 1. The molecule has 0 bridgehead atoms. The molecule has 7 nitrogen and oxygen atoms in total. The maximum atomic E-state index is 12.0. The fourth-order valence-electron chi connectivity index (χ4n) is 1.51. The minimum Gasteiger partial charge on any atom is -0.382 e. The van der Waals surface area contributed by atoms with E-state index in [2.05, 4.69) is 15.6 Å². The van der Waals surface area contributed by atoms with Crippen LogP contribution >= 0.6 is 11.3 Å². The highest BCUT2D eigenvalue weighted by molar-refractivity contribution is 7.18. The molecule has 0 aromatic carbocycles. The lowest BCUT2D eigenvalue weighted by atomic mass is 10.4. The Balaban J connectivity index is 1.91. The van der Waals surface area contributed by atoms with Crippen LogP contribution in [0.15, 0.2) is 0 Å². The summed E-state index contributed by atoms with van der Waals surface area (Å²) in [7, 11) is 1.69. The first-order chi connectivity index (χ1) is 9.51. The van der Waals surface area contributed by atoms with Crippen molar-refractivity contribution >= 4 is 34.1 Å². The van der Waals surface area contributed by atoms with Crippen molar-refractivity contribution in [2.45, 2.75) is 25.8 Å². The summed E-state index contributed by atoms with van der Waals surface area (Å²) < 4.78 is 0. The maximum Gasteiger partial charge on any atom is 0.265 e. The Hall–Kier alpha value is -1.83. The van der Waals surface area contributed by atoms with Crippen molar-refractivity contribution in [1.82, 2.24) is 15.2 Å². The summed E-state index contributed by atoms with van der Waals surface area (Å²) in [6.45, 7) is 2.44. The Bertz CT molecular complexity index is 512. The van der Waals surface area contributed by atoms with Crippen molar-refractivity contribution in [2.75, 3.05) is 31.2 Å². The highest BCUT2D eigenvalue weighted by Crippen LogP contribution is 2.30. The first-order valence-corrected chi connectivity index (χ1v) is 7.38. The van der Waals surface area contributed by atoms with Gasteiger partial charge in [0.05, 0.1) is 6.54 Å². The monoisotopic (exact) mass is 297 g/mol. The summed E-state index contributed by atoms with van der Waals surface area (Å²) in [5.41, 5.74) is 5.73. The van der Waals surface area contributed by atoms with E-state index in [1.807, 2.05) is 6.92 Å². The number of amides is 2. The molecule has 1 aromatic rings. The van der Waals surface area contributed by atoms with E-state index in [1.54, 1.807) is 7.05 Å². The molecular weight excluding hydrogens is 278 g/mol. The summed E-state index contributed by atoms with van der Waals surface area (Å²) in [5.74, 6) is -0.297. The van der Waals surface area contributed by atoms with Crippen molar-refractivity contribution < 1.29 is 9.59 Å². The van der Waals surface area contributed by atoms with Gasteiger partial charge in [-0.15, -0.1) is 0 Å². The Morgan fingerprint density at radius 3 is 2.80 bits per heavy atom. The van der Waals surface area contributed by atoms with Crippen LogP contribution in [0.25, 0.3) is 0 Å². The largest absolute Gasteiger partial charge is 0.382 e. The van der Waals surface area contributed by atoms with Crippen LogP contribution in [-0.2, 0) is 4.79 Å². The molecule has 110 valence electrons. The SMILES string of the molecule is CCN(C)C(=O)CNC(=O)c1sc(NC2CC2)nc1N. The number of rotatable bonds is 6. The van der Waals surface area contributed by atoms with Gasteiger partial charge in [0.25, 0.3) is 5.91 Å². The van der Waals surface area contributed by atoms with Crippen LogP contribution in [0.1, 0.15) is 29.4 Å². The zero-order chi connectivity index (χ0) is 14.7. The Labute approximate surface area is 121 Å². The molecule has 8 heteroatoms. The molecule has 1 saturated carbocycles. The number of carbonyl (C=O) groups excluding carboxylic acids is 2. The third kappa shape index (κ3) is 3.60. The van der Waals surface area contributed by atoms with E-state index in [-0.39, 0.29) is 24.2 Å². The lowest BCUT2D eigenvalue weighted by Gasteiger charge is -2.14. The fraction of sp³-hybridized carbons (Fsp3) is 0.583. The molecule has 1 fully saturated rings. The molecule has 0 spiro atoms. The number of nitrogen functional groups attached to an aromatic ring is 1. The predicted molar refractivity (Wildman–Crippen MR) is 78.8 cm³/mol. The third-order valence-electron chi connectivity index (χ3n) is 3.06. The molecule has 4 N–H and O–H groups in total. The summed E-state index contributed by atoms with van der Waals surface area (Å²) in [6.07, 6.45) is 2.25. The van der Waals surface area contributed by atoms with Gasteiger partial charge in [0, 0.05) is 19.6 Å². The van der Waals surface area contributed by atoms with Gasteiger partial charge in [-0.05, 0) is 19.8 Å². The summed E-state index contributed by atoms with van der Waals surface area (Å²) in [4.78, 5) is 29.6. The number of thiazole rings is 1. The summed E-state index contributed by atoms with van der Waals surface area (Å²) in [6, 6.07) is 0.455. The van der Waals surface area contributed by atoms with Crippen LogP contribution in [0.2, 0.25) is 0 Å². The predicted octanol–water partition coefficient (Wildman–Crippen LogP) is 0.508. The van der Waals surface area contributed by atoms with Crippen LogP contribution in [0.5, 0.6) is 0 Å². The molecule has 1 aromatic heterocycles. The zero-order valence-corrected chi connectivity index (χ0v) is 12.4. The molecule has 0 aliphatic heterocycles. The fourth-order valence-corrected chi connectivity index (χ4v) is 2.38. The molecule has 0 saturated heterocycles. The van der Waals surface area contributed by atoms with Gasteiger partial charge in [-0.25, -0.2) is 4.98 Å². The van der Waals surface area contributed by atoms with Crippen LogP contribution in [0.3, 0.4) is 0 Å². The number of carbonyl (C=O) groups is 2. The van der Waals surface area contributed by atoms with Crippen LogP contribution < -0.4 is 16.4 Å². The second kappa shape index (κ2) is 6.08. The minimum atomic E-state index is -0.360. The first-order valence-electron chi connectivity index (χ1n) is 6.56. The van der Waals surface area contributed by atoms with Gasteiger partial charge in [0.1, 0.15) is 10.7 Å². The Morgan fingerprint density at radius 2 is 2.20 bits per heavy atom. The van der Waals surface area contributed by atoms with Crippen molar-refractivity contribution in [3.63, 3.8) is 0 Å². The normalized spacial score (nSPS) is 13.9. The quantitative estimate of drug-likeness (QED) is 0.710. The van der Waals surface area contributed by atoms with E-state index in [1.165, 1.54) is 16.2 Å². The van der Waals surface area contributed by atoms with E-state index in [4.69, 9.17) is 5.73 Å². The van der Waals surface area contributed by atoms with E-state index >= 15 is 0 Å². The highest BCUT2D eigenvalue weighted by atomic mass is 32.1. The molecule has 1 aliphatic carbocycles. The number of nitrogens with one attached hydrogen (secondary N) is 2. The number of nitrogens with two attached hydrogens (primary N) is 1. The van der Waals surface area contributed by atoms with Gasteiger partial charge < -0.3 is 21.3 Å². The van der Waals surface area contributed by atoms with Crippen LogP contribution in [0, 0.1) is 0 Å². The van der Waals surface area contributed by atoms with Gasteiger partial charge in [0.2, 0.25) is 5.91 Å². The van der Waals surface area contributed by atoms with Crippen LogP contribution in [0.4, 0.5) is 10.9 Å². The second-order valence-electron chi connectivity index (χ2n) is 4.74. The van der Waals surface area contributed by atoms with E-state index in [9.17, 15) is 9.59 Å². The molecule has 0 unspecified atom stereocenters. The standard InChI is InChI=1S/C12H19N5O2S/c1-3-17(2)8(18)6-14-11(19)9-10(13)16-12(20-9)15-7-4-5-7/h7H,3-6,13H2,1-2H3,(H,14,19)(H,15,16). The van der Waals surface area contributed by atoms with E-state index < -0.39 is 0 Å². The van der Waals surface area contributed by atoms with Gasteiger partial charge in [-0.3, -0.25) is 9.59 Å². The van der Waals surface area contributed by atoms with Crippen LogP contribution in [-0.4, -0.2) is 47.9 Å². The van der Waals surface area contributed by atoms with Crippen molar-refractivity contribution in [1.29, 1.82) is 0 Å². The van der Waals surface area contributed by atoms with E-state index in [0.29, 0.717) is 22.6 Å². The molecule has 1 aliphatic rings. The number of hydrogen-bond donors (Lipinski definition) is 3. The van der Waals surface area contributed by atoms with Crippen molar-refractivity contribution in [3.8, 4) is 0 Å². The summed E-state index contributed by atoms with van der Waals surface area (Å²) >= 11 is 1.22. The average Bonchev–Trinajstić information content (AvgIpc) is 3.16. The Morgan fingerprint density at radius 1 is 1.50 bits per heavy atom. The molecule has 20 heavy (non-hydrogen) atoms. The summed E-state index contributed by atoms with van der Waals surface area (Å²) in [5, 5.41) is 6.43. The smallest absolute Gasteiger partial charge is 0.265 e. The van der Waals surface area contributed by atoms with Gasteiger partial charge in [0.15, 0.2) is 5.13 Å². The average molecular weight is 297 g/mol. The lowest BCUT2D eigenvalue weighted by molar-refractivity contribution is -0.128. The number of nitrogens with zero attached hydrogens (tertiary/aromatic N) is 2. The molecule has 2 rings (SSSR count). The van der Waals surface area contributed by atoms with Gasteiger partial charge in [-0.2, -0.15) is 0 Å². The second-order valence-corrected chi connectivity index (χ2v) is 5.74. The minimum absolute atomic E-state index is 0.0358. The molecule has 2 amide bonds. The maximum absolute atomic E-state index is 12.0. The molecule has 0 radical (unpaired) electrons. The number of hydrogen-bond acceptors (Lipinski definition) is 6. The highest BCUT2D eigenvalue weighted by Gasteiger charge is 2.24. The molecule has 0 atom stereocenters.